The fourth-order valence-corrected chi connectivity index (χ4v) is 2.87. The monoisotopic (exact) mass is 401 g/mol. The Labute approximate surface area is 163 Å². The standard InChI is InChI=1S/C19H14ClF2N5O/c1-3-5-12(24-19(22)28)10-11(2)16-15(14-7-8-23-18(20)25-14)17-13(21)6-4-9-27(17)26-16/h3-10H,1H2,2H3,(H,24,28)/b11-10+,12-5+. The van der Waals surface area contributed by atoms with Gasteiger partial charge in [0.2, 0.25) is 5.28 Å². The van der Waals surface area contributed by atoms with Crippen LogP contribution in [0.4, 0.5) is 13.6 Å². The number of hydrogen-bond donors (Lipinski definition) is 1. The summed E-state index contributed by atoms with van der Waals surface area (Å²) in [4.78, 5) is 18.8. The molecule has 28 heavy (non-hydrogen) atoms. The van der Waals surface area contributed by atoms with Gasteiger partial charge in [-0.25, -0.2) is 23.7 Å². The summed E-state index contributed by atoms with van der Waals surface area (Å²) < 4.78 is 28.7. The summed E-state index contributed by atoms with van der Waals surface area (Å²) in [6.45, 7) is 5.22. The highest BCUT2D eigenvalue weighted by Gasteiger charge is 2.20. The van der Waals surface area contributed by atoms with E-state index in [-0.39, 0.29) is 16.5 Å². The minimum atomic E-state index is -1.72. The first-order chi connectivity index (χ1) is 13.4. The van der Waals surface area contributed by atoms with Gasteiger partial charge in [-0.15, -0.1) is 4.39 Å². The quantitative estimate of drug-likeness (QED) is 0.290. The normalized spacial score (nSPS) is 12.3. The van der Waals surface area contributed by atoms with Gasteiger partial charge >= 0.3 is 6.16 Å². The summed E-state index contributed by atoms with van der Waals surface area (Å²) in [6.07, 6.45) is 5.61. The first-order valence-corrected chi connectivity index (χ1v) is 8.42. The molecule has 0 spiro atoms. The van der Waals surface area contributed by atoms with Gasteiger partial charge in [-0.1, -0.05) is 12.7 Å². The Morgan fingerprint density at radius 3 is 2.86 bits per heavy atom. The summed E-state index contributed by atoms with van der Waals surface area (Å²) in [5.41, 5.74) is 2.01. The molecule has 0 aliphatic rings. The number of nitrogens with zero attached hydrogens (tertiary/aromatic N) is 4. The molecule has 3 aromatic heterocycles. The Bertz CT molecular complexity index is 1140. The van der Waals surface area contributed by atoms with Crippen LogP contribution >= 0.6 is 11.6 Å². The van der Waals surface area contributed by atoms with E-state index < -0.39 is 12.0 Å². The van der Waals surface area contributed by atoms with Crippen molar-refractivity contribution in [3.63, 3.8) is 0 Å². The molecule has 0 unspecified atom stereocenters. The molecule has 0 aliphatic heterocycles. The third-order valence-corrected chi connectivity index (χ3v) is 3.96. The van der Waals surface area contributed by atoms with Crippen molar-refractivity contribution < 1.29 is 13.6 Å². The molecule has 0 aliphatic carbocycles. The molecule has 1 N–H and O–H groups in total. The smallest absolute Gasteiger partial charge is 0.298 e. The van der Waals surface area contributed by atoms with Crippen LogP contribution in [0.2, 0.25) is 5.28 Å². The average Bonchev–Trinajstić information content (AvgIpc) is 3.02. The van der Waals surface area contributed by atoms with E-state index in [1.807, 2.05) is 5.32 Å². The lowest BCUT2D eigenvalue weighted by Crippen LogP contribution is -2.15. The van der Waals surface area contributed by atoms with Crippen molar-refractivity contribution >= 4 is 28.9 Å². The van der Waals surface area contributed by atoms with Gasteiger partial charge in [0.15, 0.2) is 0 Å². The van der Waals surface area contributed by atoms with Crippen LogP contribution in [-0.2, 0) is 0 Å². The highest BCUT2D eigenvalue weighted by Crippen LogP contribution is 2.33. The van der Waals surface area contributed by atoms with Crippen LogP contribution in [-0.4, -0.2) is 25.7 Å². The van der Waals surface area contributed by atoms with Gasteiger partial charge < -0.3 is 0 Å². The maximum absolute atomic E-state index is 14.6. The van der Waals surface area contributed by atoms with Gasteiger partial charge in [0, 0.05) is 18.1 Å². The number of nitrogens with one attached hydrogen (secondary N) is 1. The molecule has 3 heterocycles. The lowest BCUT2D eigenvalue weighted by Gasteiger charge is -2.06. The van der Waals surface area contributed by atoms with E-state index in [9.17, 15) is 13.6 Å². The molecule has 0 saturated carbocycles. The number of halogens is 3. The molecule has 142 valence electrons. The zero-order valence-corrected chi connectivity index (χ0v) is 15.4. The van der Waals surface area contributed by atoms with E-state index >= 15 is 0 Å². The summed E-state index contributed by atoms with van der Waals surface area (Å²) in [7, 11) is 0. The third-order valence-electron chi connectivity index (χ3n) is 3.77. The van der Waals surface area contributed by atoms with E-state index in [1.165, 1.54) is 41.1 Å². The molecule has 0 fully saturated rings. The van der Waals surface area contributed by atoms with Crippen LogP contribution in [0.1, 0.15) is 12.6 Å². The van der Waals surface area contributed by atoms with Gasteiger partial charge in [0.1, 0.15) is 11.3 Å². The van der Waals surface area contributed by atoms with Crippen molar-refractivity contribution in [3.05, 3.63) is 77.9 Å². The van der Waals surface area contributed by atoms with Crippen molar-refractivity contribution in [1.82, 2.24) is 24.9 Å². The molecular weight excluding hydrogens is 388 g/mol. The number of allylic oxidation sites excluding steroid dienone is 4. The minimum absolute atomic E-state index is 0.00212. The Morgan fingerprint density at radius 1 is 1.39 bits per heavy atom. The maximum atomic E-state index is 14.6. The number of rotatable bonds is 5. The molecule has 0 atom stereocenters. The Morgan fingerprint density at radius 2 is 2.18 bits per heavy atom. The number of hydrogen-bond acceptors (Lipinski definition) is 4. The van der Waals surface area contributed by atoms with Gasteiger partial charge in [-0.3, -0.25) is 5.32 Å². The molecule has 6 nitrogen and oxygen atoms in total. The molecule has 3 rings (SSSR count). The third kappa shape index (κ3) is 3.96. The van der Waals surface area contributed by atoms with E-state index in [4.69, 9.17) is 11.6 Å². The maximum Gasteiger partial charge on any atom is 0.401 e. The molecule has 3 aromatic rings. The van der Waals surface area contributed by atoms with E-state index in [0.717, 1.165) is 0 Å². The van der Waals surface area contributed by atoms with Crippen LogP contribution in [0, 0.1) is 5.82 Å². The second-order valence-corrected chi connectivity index (χ2v) is 6.01. The van der Waals surface area contributed by atoms with Crippen LogP contribution < -0.4 is 5.32 Å². The Balaban J connectivity index is 2.26. The van der Waals surface area contributed by atoms with Crippen LogP contribution in [0.3, 0.4) is 0 Å². The van der Waals surface area contributed by atoms with Gasteiger partial charge in [-0.05, 0) is 54.4 Å². The zero-order chi connectivity index (χ0) is 20.3. The number of fused-ring (bicyclic) bond motifs is 1. The molecule has 1 amide bonds. The first kappa shape index (κ1) is 19.4. The number of aromatic nitrogens is 4. The van der Waals surface area contributed by atoms with Gasteiger partial charge in [0.05, 0.1) is 17.0 Å². The van der Waals surface area contributed by atoms with Gasteiger partial charge in [-0.2, -0.15) is 5.10 Å². The van der Waals surface area contributed by atoms with Crippen molar-refractivity contribution in [2.75, 3.05) is 0 Å². The van der Waals surface area contributed by atoms with Crippen molar-refractivity contribution in [1.29, 1.82) is 0 Å². The summed E-state index contributed by atoms with van der Waals surface area (Å²) >= 11 is 5.90. The second kappa shape index (κ2) is 8.10. The molecule has 0 radical (unpaired) electrons. The number of pyridine rings is 1. The Hall–Kier alpha value is -3.39. The number of amides is 1. The second-order valence-electron chi connectivity index (χ2n) is 5.67. The van der Waals surface area contributed by atoms with Crippen molar-refractivity contribution in [3.8, 4) is 11.3 Å². The number of carbonyl (C=O) groups excluding carboxylic acids is 1. The minimum Gasteiger partial charge on any atom is -0.298 e. The summed E-state index contributed by atoms with van der Waals surface area (Å²) in [5, 5.41) is 6.46. The molecule has 0 saturated heterocycles. The predicted octanol–water partition coefficient (Wildman–Crippen LogP) is 4.74. The highest BCUT2D eigenvalue weighted by atomic mass is 35.5. The molecular formula is C19H14ClF2N5O. The van der Waals surface area contributed by atoms with Crippen LogP contribution in [0.25, 0.3) is 22.3 Å². The molecule has 9 heteroatoms. The Kier molecular flexibility index (Phi) is 5.60. The van der Waals surface area contributed by atoms with Gasteiger partial charge in [0.25, 0.3) is 0 Å². The van der Waals surface area contributed by atoms with E-state index in [0.29, 0.717) is 22.5 Å². The number of carbonyl (C=O) groups is 1. The highest BCUT2D eigenvalue weighted by molar-refractivity contribution is 6.28. The molecule has 0 bridgehead atoms. The van der Waals surface area contributed by atoms with Crippen molar-refractivity contribution in [2.24, 2.45) is 0 Å². The van der Waals surface area contributed by atoms with E-state index in [2.05, 4.69) is 21.6 Å². The lowest BCUT2D eigenvalue weighted by atomic mass is 10.0. The predicted molar refractivity (Wildman–Crippen MR) is 103 cm³/mol. The topological polar surface area (TPSA) is 72.2 Å². The van der Waals surface area contributed by atoms with Crippen LogP contribution in [0.5, 0.6) is 0 Å². The first-order valence-electron chi connectivity index (χ1n) is 8.04. The summed E-state index contributed by atoms with van der Waals surface area (Å²) in [5.74, 6) is -0.502. The van der Waals surface area contributed by atoms with Crippen LogP contribution in [0.15, 0.2) is 61.1 Å². The fraction of sp³-hybridized carbons (Fsp3) is 0.0526. The SMILES string of the molecule is C=C/C=C(\C=C(/C)c1nn2cccc(F)c2c1-c1ccnc(Cl)n1)NC(=O)F. The lowest BCUT2D eigenvalue weighted by molar-refractivity contribution is 0.224. The van der Waals surface area contributed by atoms with Crippen molar-refractivity contribution in [2.45, 2.75) is 6.92 Å². The molecule has 0 aromatic carbocycles. The fourth-order valence-electron chi connectivity index (χ4n) is 2.72. The largest absolute Gasteiger partial charge is 0.401 e. The van der Waals surface area contributed by atoms with E-state index in [1.54, 1.807) is 19.2 Å². The zero-order valence-electron chi connectivity index (χ0n) is 14.7. The summed E-state index contributed by atoms with van der Waals surface area (Å²) in [6, 6.07) is 4.40. The average molecular weight is 402 g/mol.